The number of hydrogen-bond acceptors (Lipinski definition) is 2. The summed E-state index contributed by atoms with van der Waals surface area (Å²) in [5.41, 5.74) is 3.18. The number of benzene rings is 3. The largest absolute Gasteiger partial charge is 0.334 e. The predicted molar refractivity (Wildman–Crippen MR) is 116 cm³/mol. The van der Waals surface area contributed by atoms with Crippen molar-refractivity contribution in [2.75, 3.05) is 0 Å². The van der Waals surface area contributed by atoms with E-state index in [-0.39, 0.29) is 5.91 Å². The molecular weight excluding hydrogens is 382 g/mol. The molecule has 1 aromatic heterocycles. The normalized spacial score (nSPS) is 10.9. The molecular formula is C24H22ClN3O. The number of rotatable bonds is 7. The topological polar surface area (TPSA) is 38.1 Å². The highest BCUT2D eigenvalue weighted by atomic mass is 35.5. The number of halogens is 1. The van der Waals surface area contributed by atoms with Crippen LogP contribution in [0.25, 0.3) is 10.9 Å². The Labute approximate surface area is 175 Å². The molecule has 3 aromatic carbocycles. The lowest BCUT2D eigenvalue weighted by molar-refractivity contribution is -0.132. The Bertz CT molecular complexity index is 1050. The molecule has 4 nitrogen and oxygen atoms in total. The Morgan fingerprint density at radius 3 is 2.00 bits per heavy atom. The van der Waals surface area contributed by atoms with Crippen LogP contribution in [-0.2, 0) is 24.4 Å². The van der Waals surface area contributed by atoms with E-state index in [4.69, 9.17) is 11.6 Å². The van der Waals surface area contributed by atoms with Crippen molar-refractivity contribution in [3.05, 3.63) is 101 Å². The Hall–Kier alpha value is -3.11. The lowest BCUT2D eigenvalue weighted by Gasteiger charge is -2.23. The molecule has 0 aliphatic heterocycles. The van der Waals surface area contributed by atoms with E-state index in [0.29, 0.717) is 31.2 Å². The molecule has 146 valence electrons. The van der Waals surface area contributed by atoms with Crippen LogP contribution in [0.4, 0.5) is 0 Å². The highest BCUT2D eigenvalue weighted by Gasteiger charge is 2.16. The summed E-state index contributed by atoms with van der Waals surface area (Å²) in [6, 6.07) is 28.0. The number of aromatic nitrogens is 2. The van der Waals surface area contributed by atoms with E-state index in [2.05, 4.69) is 5.10 Å². The SMILES string of the molecule is O=C(CCn1nc(Cl)c2ccccc21)N(Cc1ccccc1)Cc1ccccc1. The van der Waals surface area contributed by atoms with Crippen molar-refractivity contribution in [2.45, 2.75) is 26.1 Å². The van der Waals surface area contributed by atoms with Gasteiger partial charge in [-0.1, -0.05) is 84.4 Å². The average molecular weight is 404 g/mol. The summed E-state index contributed by atoms with van der Waals surface area (Å²) in [6.07, 6.45) is 0.363. The number of aryl methyl sites for hydroxylation is 1. The molecule has 0 bridgehead atoms. The third-order valence-corrected chi connectivity index (χ3v) is 5.21. The van der Waals surface area contributed by atoms with E-state index in [9.17, 15) is 4.79 Å². The smallest absolute Gasteiger partial charge is 0.225 e. The Morgan fingerprint density at radius 2 is 1.38 bits per heavy atom. The maximum atomic E-state index is 13.1. The van der Waals surface area contributed by atoms with Crippen LogP contribution in [0.5, 0.6) is 0 Å². The fraction of sp³-hybridized carbons (Fsp3) is 0.167. The first-order valence-electron chi connectivity index (χ1n) is 9.67. The van der Waals surface area contributed by atoms with Crippen LogP contribution >= 0.6 is 11.6 Å². The van der Waals surface area contributed by atoms with E-state index < -0.39 is 0 Å². The molecule has 0 unspecified atom stereocenters. The van der Waals surface area contributed by atoms with E-state index >= 15 is 0 Å². The van der Waals surface area contributed by atoms with Crippen molar-refractivity contribution in [3.63, 3.8) is 0 Å². The summed E-state index contributed by atoms with van der Waals surface area (Å²) in [5.74, 6) is 0.0911. The zero-order chi connectivity index (χ0) is 20.1. The molecule has 0 radical (unpaired) electrons. The fourth-order valence-corrected chi connectivity index (χ4v) is 3.71. The number of carbonyl (C=O) groups is 1. The van der Waals surface area contributed by atoms with Crippen molar-refractivity contribution in [3.8, 4) is 0 Å². The summed E-state index contributed by atoms with van der Waals surface area (Å²) >= 11 is 6.24. The third kappa shape index (κ3) is 4.66. The molecule has 0 saturated carbocycles. The van der Waals surface area contributed by atoms with Gasteiger partial charge in [0.05, 0.1) is 12.1 Å². The minimum atomic E-state index is 0.0911. The van der Waals surface area contributed by atoms with Gasteiger partial charge in [-0.05, 0) is 23.3 Å². The van der Waals surface area contributed by atoms with Gasteiger partial charge in [0.1, 0.15) is 0 Å². The maximum absolute atomic E-state index is 13.1. The molecule has 1 heterocycles. The molecule has 5 heteroatoms. The molecule has 0 atom stereocenters. The second kappa shape index (κ2) is 8.93. The fourth-order valence-electron chi connectivity index (χ4n) is 3.46. The first-order valence-corrected chi connectivity index (χ1v) is 10.0. The van der Waals surface area contributed by atoms with Crippen LogP contribution in [0.2, 0.25) is 5.15 Å². The first kappa shape index (κ1) is 19.2. The van der Waals surface area contributed by atoms with Crippen LogP contribution in [-0.4, -0.2) is 20.6 Å². The minimum absolute atomic E-state index is 0.0911. The number of para-hydroxylation sites is 1. The molecule has 0 aliphatic rings. The zero-order valence-electron chi connectivity index (χ0n) is 16.0. The van der Waals surface area contributed by atoms with Crippen LogP contribution in [0.15, 0.2) is 84.9 Å². The monoisotopic (exact) mass is 403 g/mol. The maximum Gasteiger partial charge on any atom is 0.225 e. The zero-order valence-corrected chi connectivity index (χ0v) is 16.8. The predicted octanol–water partition coefficient (Wildman–Crippen LogP) is 5.31. The molecule has 0 saturated heterocycles. The molecule has 4 aromatic rings. The summed E-state index contributed by atoms with van der Waals surface area (Å²) in [4.78, 5) is 15.0. The lowest BCUT2D eigenvalue weighted by atomic mass is 10.1. The quantitative estimate of drug-likeness (QED) is 0.419. The number of nitrogens with zero attached hydrogens (tertiary/aromatic N) is 3. The second-order valence-corrected chi connectivity index (χ2v) is 7.36. The lowest BCUT2D eigenvalue weighted by Crippen LogP contribution is -2.30. The molecule has 0 N–H and O–H groups in total. The van der Waals surface area contributed by atoms with Gasteiger partial charge in [0.25, 0.3) is 0 Å². The van der Waals surface area contributed by atoms with E-state index in [0.717, 1.165) is 22.0 Å². The van der Waals surface area contributed by atoms with E-state index in [1.807, 2.05) is 94.5 Å². The molecule has 0 fully saturated rings. The summed E-state index contributed by atoms with van der Waals surface area (Å²) in [5, 5.41) is 5.78. The van der Waals surface area contributed by atoms with Crippen molar-refractivity contribution < 1.29 is 4.79 Å². The molecule has 4 rings (SSSR count). The summed E-state index contributed by atoms with van der Waals surface area (Å²) in [7, 11) is 0. The number of fused-ring (bicyclic) bond motifs is 1. The Kier molecular flexibility index (Phi) is 5.92. The highest BCUT2D eigenvalue weighted by Crippen LogP contribution is 2.22. The number of amides is 1. The van der Waals surface area contributed by atoms with Crippen molar-refractivity contribution in [1.82, 2.24) is 14.7 Å². The third-order valence-electron chi connectivity index (χ3n) is 4.94. The number of hydrogen-bond donors (Lipinski definition) is 0. The van der Waals surface area contributed by atoms with Gasteiger partial charge in [0.2, 0.25) is 5.91 Å². The van der Waals surface area contributed by atoms with Crippen LogP contribution in [0.1, 0.15) is 17.5 Å². The summed E-state index contributed by atoms with van der Waals surface area (Å²) < 4.78 is 1.82. The molecule has 0 spiro atoms. The van der Waals surface area contributed by atoms with Gasteiger partial charge in [-0.3, -0.25) is 9.48 Å². The molecule has 1 amide bonds. The first-order chi connectivity index (χ1) is 14.2. The summed E-state index contributed by atoms with van der Waals surface area (Å²) in [6.45, 7) is 1.65. The Morgan fingerprint density at radius 1 is 0.828 bits per heavy atom. The highest BCUT2D eigenvalue weighted by molar-refractivity contribution is 6.34. The van der Waals surface area contributed by atoms with Gasteiger partial charge in [-0.25, -0.2) is 0 Å². The number of carbonyl (C=O) groups excluding carboxylic acids is 1. The molecule has 29 heavy (non-hydrogen) atoms. The minimum Gasteiger partial charge on any atom is -0.334 e. The Balaban J connectivity index is 1.50. The van der Waals surface area contributed by atoms with Crippen LogP contribution in [0, 0.1) is 0 Å². The second-order valence-electron chi connectivity index (χ2n) is 7.00. The van der Waals surface area contributed by atoms with E-state index in [1.165, 1.54) is 0 Å². The van der Waals surface area contributed by atoms with Crippen LogP contribution < -0.4 is 0 Å². The molecule has 0 aliphatic carbocycles. The van der Waals surface area contributed by atoms with Crippen molar-refractivity contribution in [1.29, 1.82) is 0 Å². The van der Waals surface area contributed by atoms with Crippen LogP contribution in [0.3, 0.4) is 0 Å². The van der Waals surface area contributed by atoms with Gasteiger partial charge in [0, 0.05) is 24.9 Å². The average Bonchev–Trinajstić information content (AvgIpc) is 3.09. The van der Waals surface area contributed by atoms with Gasteiger partial charge in [-0.2, -0.15) is 5.10 Å². The van der Waals surface area contributed by atoms with Gasteiger partial charge in [0.15, 0.2) is 5.15 Å². The van der Waals surface area contributed by atoms with Gasteiger partial charge < -0.3 is 4.90 Å². The van der Waals surface area contributed by atoms with Gasteiger partial charge >= 0.3 is 0 Å². The van der Waals surface area contributed by atoms with Crippen molar-refractivity contribution in [2.24, 2.45) is 0 Å². The standard InChI is InChI=1S/C24H22ClN3O/c25-24-21-13-7-8-14-22(21)28(26-24)16-15-23(29)27(17-19-9-3-1-4-10-19)18-20-11-5-2-6-12-20/h1-14H,15-18H2. The van der Waals surface area contributed by atoms with E-state index in [1.54, 1.807) is 0 Å². The van der Waals surface area contributed by atoms with Gasteiger partial charge in [-0.15, -0.1) is 0 Å². The van der Waals surface area contributed by atoms with Crippen molar-refractivity contribution >= 4 is 28.4 Å².